The van der Waals surface area contributed by atoms with Crippen LogP contribution in [0.15, 0.2) is 72.8 Å². The quantitative estimate of drug-likeness (QED) is 0.306. The van der Waals surface area contributed by atoms with E-state index in [0.29, 0.717) is 5.02 Å². The number of thiazole rings is 2. The van der Waals surface area contributed by atoms with E-state index < -0.39 is 0 Å². The number of anilines is 2. The standard InChI is InChI=1S/C21H15ClN4S2/c22-14-8-2-1-7-13(14)19(25-20-23-15-9-3-5-11-17(15)27-20)26-21-24-16-10-4-6-12-18(16)28-21/h1-12,19H,(H,23,25)(H,24,26). The Bertz CT molecular complexity index is 1120. The summed E-state index contributed by atoms with van der Waals surface area (Å²) in [5.41, 5.74) is 2.91. The van der Waals surface area contributed by atoms with Gasteiger partial charge < -0.3 is 10.6 Å². The van der Waals surface area contributed by atoms with Crippen LogP contribution in [0.5, 0.6) is 0 Å². The van der Waals surface area contributed by atoms with Gasteiger partial charge in [0, 0.05) is 10.6 Å². The predicted octanol–water partition coefficient (Wildman–Crippen LogP) is 6.78. The average Bonchev–Trinajstić information content (AvgIpc) is 3.30. The monoisotopic (exact) mass is 422 g/mol. The number of benzene rings is 3. The van der Waals surface area contributed by atoms with Crippen LogP contribution in [-0.4, -0.2) is 9.97 Å². The van der Waals surface area contributed by atoms with Gasteiger partial charge in [-0.3, -0.25) is 0 Å². The van der Waals surface area contributed by atoms with Gasteiger partial charge in [-0.2, -0.15) is 0 Å². The molecule has 2 N–H and O–H groups in total. The lowest BCUT2D eigenvalue weighted by molar-refractivity contribution is 0.898. The molecular weight excluding hydrogens is 408 g/mol. The minimum atomic E-state index is -0.255. The zero-order valence-electron chi connectivity index (χ0n) is 14.6. The van der Waals surface area contributed by atoms with Crippen LogP contribution in [-0.2, 0) is 0 Å². The number of nitrogens with zero attached hydrogens (tertiary/aromatic N) is 2. The van der Waals surface area contributed by atoms with E-state index in [0.717, 1.165) is 36.3 Å². The molecule has 2 aromatic heterocycles. The summed E-state index contributed by atoms with van der Waals surface area (Å²) in [6.45, 7) is 0. The zero-order chi connectivity index (χ0) is 18.9. The molecule has 5 rings (SSSR count). The molecule has 0 aliphatic carbocycles. The van der Waals surface area contributed by atoms with Gasteiger partial charge in [0.1, 0.15) is 6.17 Å². The van der Waals surface area contributed by atoms with Crippen LogP contribution in [0.2, 0.25) is 5.02 Å². The second-order valence-electron chi connectivity index (χ2n) is 6.22. The number of hydrogen-bond acceptors (Lipinski definition) is 6. The smallest absolute Gasteiger partial charge is 0.185 e. The molecule has 0 radical (unpaired) electrons. The molecule has 3 aromatic carbocycles. The van der Waals surface area contributed by atoms with Gasteiger partial charge in [-0.1, -0.05) is 76.7 Å². The van der Waals surface area contributed by atoms with Crippen LogP contribution in [0.25, 0.3) is 20.4 Å². The SMILES string of the molecule is Clc1ccccc1C(Nc1nc2ccccc2s1)Nc1nc2ccccc2s1. The summed E-state index contributed by atoms with van der Waals surface area (Å²) in [5.74, 6) is 0. The van der Waals surface area contributed by atoms with Gasteiger partial charge in [0.2, 0.25) is 0 Å². The van der Waals surface area contributed by atoms with Gasteiger partial charge in [-0.15, -0.1) is 0 Å². The Morgan fingerprint density at radius 2 is 1.18 bits per heavy atom. The maximum Gasteiger partial charge on any atom is 0.185 e. The first-order chi connectivity index (χ1) is 13.8. The van der Waals surface area contributed by atoms with E-state index in [1.807, 2.05) is 60.7 Å². The number of aromatic nitrogens is 2. The van der Waals surface area contributed by atoms with Crippen LogP contribution < -0.4 is 10.6 Å². The Morgan fingerprint density at radius 1 is 0.679 bits per heavy atom. The summed E-state index contributed by atoms with van der Waals surface area (Å²) < 4.78 is 2.28. The van der Waals surface area contributed by atoms with Gasteiger partial charge in [0.15, 0.2) is 10.3 Å². The van der Waals surface area contributed by atoms with E-state index >= 15 is 0 Å². The van der Waals surface area contributed by atoms with Gasteiger partial charge in [-0.05, 0) is 30.3 Å². The highest BCUT2D eigenvalue weighted by molar-refractivity contribution is 7.22. The Labute approximate surface area is 174 Å². The second-order valence-corrected chi connectivity index (χ2v) is 8.69. The average molecular weight is 423 g/mol. The van der Waals surface area contributed by atoms with Gasteiger partial charge in [0.05, 0.1) is 20.4 Å². The van der Waals surface area contributed by atoms with Crippen molar-refractivity contribution in [3.8, 4) is 0 Å². The molecule has 5 aromatic rings. The van der Waals surface area contributed by atoms with E-state index in [1.54, 1.807) is 22.7 Å². The summed E-state index contributed by atoms with van der Waals surface area (Å²) in [6, 6.07) is 24.0. The third kappa shape index (κ3) is 3.42. The summed E-state index contributed by atoms with van der Waals surface area (Å²) in [5, 5.41) is 9.35. The van der Waals surface area contributed by atoms with Crippen LogP contribution in [0.3, 0.4) is 0 Å². The first-order valence-corrected chi connectivity index (χ1v) is 10.8. The maximum absolute atomic E-state index is 6.49. The number of hydrogen-bond donors (Lipinski definition) is 2. The fourth-order valence-corrected chi connectivity index (χ4v) is 5.05. The molecule has 7 heteroatoms. The first-order valence-electron chi connectivity index (χ1n) is 8.75. The molecule has 4 nitrogen and oxygen atoms in total. The lowest BCUT2D eigenvalue weighted by atomic mass is 10.2. The number of para-hydroxylation sites is 2. The molecule has 28 heavy (non-hydrogen) atoms. The van der Waals surface area contributed by atoms with Crippen LogP contribution in [0.1, 0.15) is 11.7 Å². The fourth-order valence-electron chi connectivity index (χ4n) is 3.02. The molecular formula is C21H15ClN4S2. The summed E-state index contributed by atoms with van der Waals surface area (Å²) in [6.07, 6.45) is -0.255. The Kier molecular flexibility index (Phi) is 4.60. The highest BCUT2D eigenvalue weighted by atomic mass is 35.5. The highest BCUT2D eigenvalue weighted by Gasteiger charge is 2.18. The Hall–Kier alpha value is -2.67. The number of halogens is 1. The largest absolute Gasteiger partial charge is 0.337 e. The lowest BCUT2D eigenvalue weighted by Gasteiger charge is -2.20. The first kappa shape index (κ1) is 17.4. The molecule has 0 bridgehead atoms. The lowest BCUT2D eigenvalue weighted by Crippen LogP contribution is -2.20. The van der Waals surface area contributed by atoms with Crippen LogP contribution in [0, 0.1) is 0 Å². The minimum Gasteiger partial charge on any atom is -0.337 e. The topological polar surface area (TPSA) is 49.8 Å². The zero-order valence-corrected chi connectivity index (χ0v) is 17.0. The molecule has 0 aliphatic rings. The van der Waals surface area contributed by atoms with E-state index in [1.165, 1.54) is 0 Å². The van der Waals surface area contributed by atoms with Crippen LogP contribution in [0.4, 0.5) is 10.3 Å². The Morgan fingerprint density at radius 3 is 1.71 bits per heavy atom. The van der Waals surface area contributed by atoms with Crippen molar-refractivity contribution in [1.82, 2.24) is 9.97 Å². The van der Waals surface area contributed by atoms with Crippen molar-refractivity contribution in [2.24, 2.45) is 0 Å². The van der Waals surface area contributed by atoms with Gasteiger partial charge >= 0.3 is 0 Å². The van der Waals surface area contributed by atoms with Crippen molar-refractivity contribution in [2.75, 3.05) is 10.6 Å². The van der Waals surface area contributed by atoms with Crippen molar-refractivity contribution in [2.45, 2.75) is 6.17 Å². The van der Waals surface area contributed by atoms with Crippen molar-refractivity contribution in [1.29, 1.82) is 0 Å². The second kappa shape index (κ2) is 7.39. The molecule has 0 aliphatic heterocycles. The van der Waals surface area contributed by atoms with E-state index in [4.69, 9.17) is 21.6 Å². The Balaban J connectivity index is 1.51. The van der Waals surface area contributed by atoms with E-state index in [2.05, 4.69) is 22.8 Å². The third-order valence-corrected chi connectivity index (χ3v) is 6.62. The predicted molar refractivity (Wildman–Crippen MR) is 121 cm³/mol. The minimum absolute atomic E-state index is 0.255. The number of fused-ring (bicyclic) bond motifs is 2. The normalized spacial score (nSPS) is 11.4. The van der Waals surface area contributed by atoms with Crippen molar-refractivity contribution < 1.29 is 0 Å². The highest BCUT2D eigenvalue weighted by Crippen LogP contribution is 2.33. The number of rotatable bonds is 5. The molecule has 138 valence electrons. The van der Waals surface area contributed by atoms with Crippen molar-refractivity contribution in [3.63, 3.8) is 0 Å². The molecule has 0 saturated heterocycles. The third-order valence-electron chi connectivity index (χ3n) is 4.34. The van der Waals surface area contributed by atoms with Gasteiger partial charge in [0.25, 0.3) is 0 Å². The number of nitrogens with one attached hydrogen (secondary N) is 2. The maximum atomic E-state index is 6.49. The van der Waals surface area contributed by atoms with E-state index in [9.17, 15) is 0 Å². The summed E-state index contributed by atoms with van der Waals surface area (Å²) in [4.78, 5) is 9.40. The van der Waals surface area contributed by atoms with Gasteiger partial charge in [-0.25, -0.2) is 9.97 Å². The van der Waals surface area contributed by atoms with Crippen molar-refractivity contribution in [3.05, 3.63) is 83.4 Å². The summed E-state index contributed by atoms with van der Waals surface area (Å²) in [7, 11) is 0. The molecule has 0 amide bonds. The molecule has 0 unspecified atom stereocenters. The molecule has 0 saturated carbocycles. The molecule has 2 heterocycles. The summed E-state index contributed by atoms with van der Waals surface area (Å²) >= 11 is 9.73. The van der Waals surface area contributed by atoms with Crippen molar-refractivity contribution >= 4 is 65.0 Å². The molecule has 0 atom stereocenters. The fraction of sp³-hybridized carbons (Fsp3) is 0.0476. The molecule has 0 fully saturated rings. The van der Waals surface area contributed by atoms with Crippen LogP contribution >= 0.6 is 34.3 Å². The van der Waals surface area contributed by atoms with E-state index in [-0.39, 0.29) is 6.17 Å². The molecule has 0 spiro atoms.